The third-order valence-corrected chi connectivity index (χ3v) is 23.1. The molecule has 0 bridgehead atoms. The van der Waals surface area contributed by atoms with Gasteiger partial charge in [0, 0.05) is 0 Å². The second-order valence-electron chi connectivity index (χ2n) is 11.4. The Hall–Kier alpha value is -1.79. The molecule has 38 heavy (non-hydrogen) atoms. The molecule has 1 amide bonds. The Morgan fingerprint density at radius 1 is 0.921 bits per heavy atom. The molecule has 2 fully saturated rings. The van der Waals surface area contributed by atoms with Gasteiger partial charge in [0.25, 0.3) is 0 Å². The molecule has 1 saturated heterocycles. The van der Waals surface area contributed by atoms with Gasteiger partial charge in [-0.25, -0.2) is 0 Å². The zero-order valence-corrected chi connectivity index (χ0v) is 26.9. The molecular formula is C33H48N2O2Sn. The van der Waals surface area contributed by atoms with Crippen LogP contribution in [0.15, 0.2) is 64.3 Å². The molecule has 5 heteroatoms. The van der Waals surface area contributed by atoms with E-state index in [4.69, 9.17) is 4.74 Å². The maximum atomic E-state index is 13.5. The topological polar surface area (TPSA) is 41.6 Å². The number of amides is 1. The third kappa shape index (κ3) is 6.67. The summed E-state index contributed by atoms with van der Waals surface area (Å²) in [5.74, 6) is 1.21. The molecule has 206 valence electrons. The average molecular weight is 623 g/mol. The van der Waals surface area contributed by atoms with E-state index in [2.05, 4.69) is 65.4 Å². The number of fused-ring (bicyclic) bond motifs is 1. The molecule has 2 aliphatic rings. The van der Waals surface area contributed by atoms with Crippen molar-refractivity contribution in [3.63, 3.8) is 0 Å². The summed E-state index contributed by atoms with van der Waals surface area (Å²) >= 11 is -2.52. The van der Waals surface area contributed by atoms with Crippen molar-refractivity contribution in [2.45, 2.75) is 97.7 Å². The van der Waals surface area contributed by atoms with Crippen LogP contribution in [0.2, 0.25) is 13.3 Å². The van der Waals surface area contributed by atoms with Crippen LogP contribution >= 0.6 is 0 Å². The van der Waals surface area contributed by atoms with E-state index >= 15 is 0 Å². The van der Waals surface area contributed by atoms with Crippen molar-refractivity contribution in [2.75, 3.05) is 12.0 Å². The van der Waals surface area contributed by atoms with Crippen LogP contribution in [-0.4, -0.2) is 43.5 Å². The second kappa shape index (κ2) is 14.0. The van der Waals surface area contributed by atoms with Crippen LogP contribution in [0.1, 0.15) is 71.3 Å². The zero-order valence-electron chi connectivity index (χ0n) is 24.0. The molecule has 2 aromatic carbocycles. The molecule has 1 saturated carbocycles. The van der Waals surface area contributed by atoms with E-state index in [9.17, 15) is 4.79 Å². The van der Waals surface area contributed by atoms with Gasteiger partial charge in [0.1, 0.15) is 0 Å². The Morgan fingerprint density at radius 2 is 1.53 bits per heavy atom. The minimum absolute atomic E-state index is 0.101. The first-order chi connectivity index (χ1) is 18.6. The molecule has 1 unspecified atom stereocenters. The van der Waals surface area contributed by atoms with Gasteiger partial charge in [-0.1, -0.05) is 0 Å². The quantitative estimate of drug-likeness (QED) is 0.162. The molecule has 1 aliphatic heterocycles. The van der Waals surface area contributed by atoms with E-state index < -0.39 is 18.4 Å². The molecule has 4 rings (SSSR count). The molecule has 4 nitrogen and oxygen atoms in total. The molecule has 0 radical (unpaired) electrons. The normalized spacial score (nSPS) is 22.0. The molecule has 3 atom stereocenters. The molecule has 2 aromatic rings. The fourth-order valence-corrected chi connectivity index (χ4v) is 22.1. The fraction of sp³-hybridized carbons (Fsp3) is 0.545. The van der Waals surface area contributed by atoms with Crippen LogP contribution in [-0.2, 0) is 11.3 Å². The van der Waals surface area contributed by atoms with Crippen molar-refractivity contribution in [3.8, 4) is 5.75 Å². The Balaban J connectivity index is 1.68. The van der Waals surface area contributed by atoms with E-state index in [1.165, 1.54) is 57.4 Å². The molecule has 1 N–H and O–H groups in total. The van der Waals surface area contributed by atoms with Gasteiger partial charge in [-0.3, -0.25) is 0 Å². The van der Waals surface area contributed by atoms with Crippen LogP contribution in [0.4, 0.5) is 5.69 Å². The number of rotatable bonds is 15. The predicted octanol–water partition coefficient (Wildman–Crippen LogP) is 7.90. The number of hydrogen-bond donors (Lipinski definition) is 1. The zero-order chi connectivity index (χ0) is 27.0. The van der Waals surface area contributed by atoms with Crippen LogP contribution < -0.4 is 15.0 Å². The Bertz CT molecular complexity index is 1030. The number of nitrogens with one attached hydrogen (secondary N) is 1. The number of unbranched alkanes of at least 4 members (excludes halogenated alkanes) is 3. The van der Waals surface area contributed by atoms with Crippen molar-refractivity contribution < 1.29 is 9.53 Å². The summed E-state index contributed by atoms with van der Waals surface area (Å²) in [4.78, 5) is 15.6. The average Bonchev–Trinajstić information content (AvgIpc) is 3.26. The second-order valence-corrected chi connectivity index (χ2v) is 24.3. The van der Waals surface area contributed by atoms with E-state index in [0.717, 1.165) is 24.4 Å². The summed E-state index contributed by atoms with van der Waals surface area (Å²) in [6, 6.07) is 19.1. The molecule has 0 aromatic heterocycles. The Labute approximate surface area is 235 Å². The number of anilines is 1. The standard InChI is InChI=1S/C21H21N2O2.3C4H9.Sn/c1-14-12-18-20(19(14)22-13-15-6-4-3-5-7-15)23(21(18)24)16-8-10-17(25-2)11-9-16;3*1-3-4-2;/h1,3-11,18-20,22H,12-13H2,2H3;3*1,3-4H2,2H3;/t18-,19?,20-;;;;/m0..../s1. The monoisotopic (exact) mass is 624 g/mol. The van der Waals surface area contributed by atoms with E-state index in [1.807, 2.05) is 24.3 Å². The fourth-order valence-electron chi connectivity index (χ4n) is 6.60. The van der Waals surface area contributed by atoms with Crippen LogP contribution in [0, 0.1) is 5.92 Å². The molecule has 0 spiro atoms. The summed E-state index contributed by atoms with van der Waals surface area (Å²) in [5, 5.41) is 3.96. The predicted molar refractivity (Wildman–Crippen MR) is 162 cm³/mol. The van der Waals surface area contributed by atoms with Crippen molar-refractivity contribution in [1.29, 1.82) is 0 Å². The van der Waals surface area contributed by atoms with Gasteiger partial charge in [-0.05, 0) is 0 Å². The van der Waals surface area contributed by atoms with Gasteiger partial charge in [-0.15, -0.1) is 0 Å². The number of benzene rings is 2. The first kappa shape index (κ1) is 29.2. The number of β-lactam (4-membered cyclic amide) rings is 1. The minimum atomic E-state index is -2.52. The van der Waals surface area contributed by atoms with Gasteiger partial charge in [0.05, 0.1) is 0 Å². The van der Waals surface area contributed by atoms with Gasteiger partial charge in [0.2, 0.25) is 0 Å². The first-order valence-corrected chi connectivity index (χ1v) is 22.7. The van der Waals surface area contributed by atoms with Crippen LogP contribution in [0.25, 0.3) is 0 Å². The van der Waals surface area contributed by atoms with Crippen LogP contribution in [0.3, 0.4) is 0 Å². The number of carbonyl (C=O) groups is 1. The van der Waals surface area contributed by atoms with Crippen molar-refractivity contribution in [2.24, 2.45) is 5.92 Å². The Kier molecular flexibility index (Phi) is 10.8. The van der Waals surface area contributed by atoms with Crippen molar-refractivity contribution >= 4 is 30.0 Å². The molecule has 1 heterocycles. The summed E-state index contributed by atoms with van der Waals surface area (Å²) in [5.41, 5.74) is 3.84. The van der Waals surface area contributed by atoms with Gasteiger partial charge < -0.3 is 0 Å². The third-order valence-electron chi connectivity index (χ3n) is 8.76. The van der Waals surface area contributed by atoms with Gasteiger partial charge in [0.15, 0.2) is 0 Å². The number of ether oxygens (including phenoxy) is 1. The molecular weight excluding hydrogens is 575 g/mol. The summed E-state index contributed by atoms with van der Waals surface area (Å²) in [6.07, 6.45) is 8.86. The number of nitrogens with zero attached hydrogens (tertiary/aromatic N) is 1. The van der Waals surface area contributed by atoms with E-state index in [0.29, 0.717) is 0 Å². The maximum absolute atomic E-state index is 13.5. The van der Waals surface area contributed by atoms with E-state index in [1.54, 1.807) is 12.7 Å². The summed E-state index contributed by atoms with van der Waals surface area (Å²) in [6.45, 7) is 7.86. The van der Waals surface area contributed by atoms with Crippen molar-refractivity contribution in [1.82, 2.24) is 5.32 Å². The first-order valence-electron chi connectivity index (χ1n) is 15.0. The van der Waals surface area contributed by atoms with E-state index in [-0.39, 0.29) is 23.9 Å². The SMILES string of the molecule is CCC[CH2][Sn](/[CH]=C1/C[C@@H]2C(=O)N(c3ccc(OC)cc3)[C@@H]2C1NCc1ccccc1)([CH2]CCC)[CH2]CCC. The summed E-state index contributed by atoms with van der Waals surface area (Å²) < 4.78 is 12.6. The number of carbonyl (C=O) groups excluding carboxylic acids is 1. The number of hydrogen-bond acceptors (Lipinski definition) is 3. The van der Waals surface area contributed by atoms with Gasteiger partial charge >= 0.3 is 236 Å². The molecule has 1 aliphatic carbocycles. The van der Waals surface area contributed by atoms with Crippen LogP contribution in [0.5, 0.6) is 5.75 Å². The number of methoxy groups -OCH3 is 1. The van der Waals surface area contributed by atoms with Crippen molar-refractivity contribution in [3.05, 3.63) is 69.8 Å². The summed E-state index contributed by atoms with van der Waals surface area (Å²) in [7, 11) is 1.69. The van der Waals surface area contributed by atoms with Gasteiger partial charge in [-0.2, -0.15) is 0 Å². The Morgan fingerprint density at radius 3 is 2.08 bits per heavy atom.